The van der Waals surface area contributed by atoms with E-state index in [2.05, 4.69) is 15.3 Å². The van der Waals surface area contributed by atoms with E-state index in [0.29, 0.717) is 21.8 Å². The van der Waals surface area contributed by atoms with Crippen molar-refractivity contribution in [1.29, 1.82) is 0 Å². The molecule has 8 nitrogen and oxygen atoms in total. The molecular formula is C23H19F3N4O4. The standard InChI is InChI=1S/C23H19F3N4O4/c24-23(25,26)22(32)30(13-16-5-9-28-10-6-16)20(17-1-2-18-19(11-17)34-14-33-18)21(31)29-12-15-3-7-27-8-4-15/h1-11,20H,12-14H2,(H,29,31). The quantitative estimate of drug-likeness (QED) is 0.568. The highest BCUT2D eigenvalue weighted by molar-refractivity contribution is 5.91. The molecule has 1 N–H and O–H groups in total. The zero-order chi connectivity index (χ0) is 24.1. The first-order valence-electron chi connectivity index (χ1n) is 10.2. The monoisotopic (exact) mass is 472 g/mol. The topological polar surface area (TPSA) is 93.7 Å². The lowest BCUT2D eigenvalue weighted by molar-refractivity contribution is -0.189. The molecule has 1 unspecified atom stereocenters. The third-order valence-corrected chi connectivity index (χ3v) is 5.09. The molecule has 0 saturated heterocycles. The van der Waals surface area contributed by atoms with Crippen LogP contribution in [0.15, 0.2) is 67.3 Å². The predicted molar refractivity (Wildman–Crippen MR) is 112 cm³/mol. The molecule has 2 aromatic heterocycles. The smallest absolute Gasteiger partial charge is 0.454 e. The lowest BCUT2D eigenvalue weighted by Gasteiger charge is -2.32. The van der Waals surface area contributed by atoms with Gasteiger partial charge >= 0.3 is 12.1 Å². The minimum atomic E-state index is -5.20. The van der Waals surface area contributed by atoms with Gasteiger partial charge in [0.15, 0.2) is 11.5 Å². The third kappa shape index (κ3) is 5.25. The van der Waals surface area contributed by atoms with Crippen LogP contribution in [0.4, 0.5) is 13.2 Å². The van der Waals surface area contributed by atoms with E-state index in [0.717, 1.165) is 0 Å². The number of ether oxygens (including phenoxy) is 2. The van der Waals surface area contributed by atoms with E-state index in [1.807, 2.05) is 0 Å². The minimum Gasteiger partial charge on any atom is -0.454 e. The first kappa shape index (κ1) is 23.0. The van der Waals surface area contributed by atoms with E-state index in [9.17, 15) is 22.8 Å². The van der Waals surface area contributed by atoms with E-state index >= 15 is 0 Å². The molecule has 1 aromatic carbocycles. The minimum absolute atomic E-state index is 0.0334. The average molecular weight is 472 g/mol. The number of alkyl halides is 3. The van der Waals surface area contributed by atoms with Crippen molar-refractivity contribution in [2.45, 2.75) is 25.3 Å². The van der Waals surface area contributed by atoms with Crippen molar-refractivity contribution in [2.24, 2.45) is 0 Å². The van der Waals surface area contributed by atoms with Gasteiger partial charge in [-0.2, -0.15) is 13.2 Å². The Morgan fingerprint density at radius 2 is 1.56 bits per heavy atom. The Morgan fingerprint density at radius 3 is 2.21 bits per heavy atom. The van der Waals surface area contributed by atoms with Crippen LogP contribution in [-0.2, 0) is 22.7 Å². The van der Waals surface area contributed by atoms with Crippen molar-refractivity contribution in [3.63, 3.8) is 0 Å². The number of aromatic nitrogens is 2. The van der Waals surface area contributed by atoms with Crippen LogP contribution >= 0.6 is 0 Å². The van der Waals surface area contributed by atoms with Crippen LogP contribution in [0.1, 0.15) is 22.7 Å². The van der Waals surface area contributed by atoms with Gasteiger partial charge < -0.3 is 19.7 Å². The number of hydrogen-bond donors (Lipinski definition) is 1. The SMILES string of the molecule is O=C(NCc1ccncc1)C(c1ccc2c(c1)OCO2)N(Cc1ccncc1)C(=O)C(F)(F)F. The van der Waals surface area contributed by atoms with Gasteiger partial charge in [-0.05, 0) is 53.1 Å². The molecule has 0 saturated carbocycles. The molecular weight excluding hydrogens is 453 g/mol. The number of carbonyl (C=O) groups excluding carboxylic acids is 2. The summed E-state index contributed by atoms with van der Waals surface area (Å²) in [5.74, 6) is -2.27. The molecule has 1 aliphatic rings. The van der Waals surface area contributed by atoms with Crippen LogP contribution in [0, 0.1) is 0 Å². The maximum Gasteiger partial charge on any atom is 0.471 e. The molecule has 11 heteroatoms. The molecule has 0 aliphatic carbocycles. The zero-order valence-electron chi connectivity index (χ0n) is 17.7. The van der Waals surface area contributed by atoms with Crippen LogP contribution in [0.3, 0.4) is 0 Å². The molecule has 0 fully saturated rings. The molecule has 3 heterocycles. The Hall–Kier alpha value is -4.15. The largest absolute Gasteiger partial charge is 0.471 e. The highest BCUT2D eigenvalue weighted by atomic mass is 19.4. The number of pyridine rings is 2. The van der Waals surface area contributed by atoms with Crippen molar-refractivity contribution < 1.29 is 32.2 Å². The van der Waals surface area contributed by atoms with Gasteiger partial charge in [0.25, 0.3) is 0 Å². The van der Waals surface area contributed by atoms with Crippen LogP contribution in [-0.4, -0.2) is 39.7 Å². The molecule has 2 amide bonds. The summed E-state index contributed by atoms with van der Waals surface area (Å²) in [6.45, 7) is -0.492. The number of rotatable bonds is 7. The van der Waals surface area contributed by atoms with Gasteiger partial charge in [0, 0.05) is 37.9 Å². The number of amides is 2. The summed E-state index contributed by atoms with van der Waals surface area (Å²) in [6.07, 6.45) is 0.641. The number of nitrogens with zero attached hydrogens (tertiary/aromatic N) is 3. The molecule has 0 bridgehead atoms. The maximum atomic E-state index is 13.6. The molecule has 3 aromatic rings. The van der Waals surface area contributed by atoms with Crippen molar-refractivity contribution in [1.82, 2.24) is 20.2 Å². The fourth-order valence-corrected chi connectivity index (χ4v) is 3.47. The first-order chi connectivity index (χ1) is 16.3. The number of halogens is 3. The van der Waals surface area contributed by atoms with E-state index in [1.54, 1.807) is 12.1 Å². The summed E-state index contributed by atoms with van der Waals surface area (Å²) in [5.41, 5.74) is 1.21. The summed E-state index contributed by atoms with van der Waals surface area (Å²) in [5, 5.41) is 2.63. The third-order valence-electron chi connectivity index (χ3n) is 5.09. The van der Waals surface area contributed by atoms with Crippen molar-refractivity contribution in [3.8, 4) is 11.5 Å². The second kappa shape index (κ2) is 9.77. The van der Waals surface area contributed by atoms with Gasteiger partial charge in [0.05, 0.1) is 0 Å². The average Bonchev–Trinajstić information content (AvgIpc) is 3.31. The second-order valence-electron chi connectivity index (χ2n) is 7.37. The highest BCUT2D eigenvalue weighted by Crippen LogP contribution is 2.37. The number of fused-ring (bicyclic) bond motifs is 1. The van der Waals surface area contributed by atoms with Crippen LogP contribution in [0.25, 0.3) is 0 Å². The summed E-state index contributed by atoms with van der Waals surface area (Å²) < 4.78 is 51.5. The fraction of sp³-hybridized carbons (Fsp3) is 0.217. The lowest BCUT2D eigenvalue weighted by atomic mass is 10.0. The highest BCUT2D eigenvalue weighted by Gasteiger charge is 2.46. The van der Waals surface area contributed by atoms with Crippen LogP contribution in [0.5, 0.6) is 11.5 Å². The predicted octanol–water partition coefficient (Wildman–Crippen LogP) is 3.15. The van der Waals surface area contributed by atoms with Crippen molar-refractivity contribution in [2.75, 3.05) is 6.79 Å². The first-order valence-corrected chi connectivity index (χ1v) is 10.2. The summed E-state index contributed by atoms with van der Waals surface area (Å²) >= 11 is 0. The van der Waals surface area contributed by atoms with E-state index in [-0.39, 0.29) is 24.7 Å². The molecule has 0 radical (unpaired) electrons. The van der Waals surface area contributed by atoms with Gasteiger partial charge in [0.1, 0.15) is 6.04 Å². The van der Waals surface area contributed by atoms with Crippen LogP contribution < -0.4 is 14.8 Å². The van der Waals surface area contributed by atoms with Crippen molar-refractivity contribution >= 4 is 11.8 Å². The maximum absolute atomic E-state index is 13.6. The Balaban J connectivity index is 1.72. The second-order valence-corrected chi connectivity index (χ2v) is 7.37. The van der Waals surface area contributed by atoms with Gasteiger partial charge in [0.2, 0.25) is 12.7 Å². The zero-order valence-corrected chi connectivity index (χ0v) is 17.7. The molecule has 0 spiro atoms. The van der Waals surface area contributed by atoms with E-state index < -0.39 is 30.6 Å². The van der Waals surface area contributed by atoms with Crippen LogP contribution in [0.2, 0.25) is 0 Å². The Labute approximate surface area is 192 Å². The number of nitrogens with one attached hydrogen (secondary N) is 1. The van der Waals surface area contributed by atoms with E-state index in [1.165, 1.54) is 55.1 Å². The Morgan fingerprint density at radius 1 is 0.941 bits per heavy atom. The summed E-state index contributed by atoms with van der Waals surface area (Å²) in [4.78, 5) is 34.1. The number of benzene rings is 1. The molecule has 1 atom stereocenters. The van der Waals surface area contributed by atoms with Gasteiger partial charge in [-0.1, -0.05) is 6.07 Å². The van der Waals surface area contributed by atoms with Gasteiger partial charge in [-0.25, -0.2) is 0 Å². The molecule has 1 aliphatic heterocycles. The molecule has 176 valence electrons. The molecule has 4 rings (SSSR count). The number of carbonyl (C=O) groups is 2. The normalized spacial score (nSPS) is 13.3. The Bertz CT molecular complexity index is 1160. The lowest BCUT2D eigenvalue weighted by Crippen LogP contribution is -2.48. The summed E-state index contributed by atoms with van der Waals surface area (Å²) in [7, 11) is 0. The molecule has 34 heavy (non-hydrogen) atoms. The van der Waals surface area contributed by atoms with Gasteiger partial charge in [-0.3, -0.25) is 19.6 Å². The van der Waals surface area contributed by atoms with Crippen molar-refractivity contribution in [3.05, 3.63) is 83.9 Å². The van der Waals surface area contributed by atoms with Gasteiger partial charge in [-0.15, -0.1) is 0 Å². The van der Waals surface area contributed by atoms with E-state index in [4.69, 9.17) is 9.47 Å². The Kier molecular flexibility index (Phi) is 6.62. The fourth-order valence-electron chi connectivity index (χ4n) is 3.47. The summed E-state index contributed by atoms with van der Waals surface area (Å²) in [6, 6.07) is 9.00. The number of hydrogen-bond acceptors (Lipinski definition) is 6.